The van der Waals surface area contributed by atoms with Gasteiger partial charge in [-0.15, -0.1) is 0 Å². The minimum atomic E-state index is -1.79. The summed E-state index contributed by atoms with van der Waals surface area (Å²) >= 11 is 0. The second-order valence-electron chi connectivity index (χ2n) is 23.2. The van der Waals surface area contributed by atoms with Gasteiger partial charge in [-0.1, -0.05) is 261 Å². The van der Waals surface area contributed by atoms with Crippen LogP contribution in [0.3, 0.4) is 0 Å². The molecule has 12 unspecified atom stereocenters. The highest BCUT2D eigenvalue weighted by Crippen LogP contribution is 2.30. The maximum atomic E-state index is 13.3. The van der Waals surface area contributed by atoms with Gasteiger partial charge in [-0.25, -0.2) is 0 Å². The lowest BCUT2D eigenvalue weighted by Gasteiger charge is -2.46. The lowest BCUT2D eigenvalue weighted by molar-refractivity contribution is -0.359. The third-order valence-electron chi connectivity index (χ3n) is 16.0. The van der Waals surface area contributed by atoms with Crippen LogP contribution in [0.25, 0.3) is 0 Å². The summed E-state index contributed by atoms with van der Waals surface area (Å²) in [7, 11) is 0. The number of rotatable bonds is 53. The van der Waals surface area contributed by atoms with Crippen molar-refractivity contribution in [3.05, 3.63) is 60.8 Å². The number of allylic oxidation sites excluding steroid dienone is 10. The Balaban J connectivity index is 1.70. The first-order valence-electron chi connectivity index (χ1n) is 33.0. The van der Waals surface area contributed by atoms with Crippen LogP contribution in [0, 0.1) is 0 Å². The molecule has 2 aliphatic heterocycles. The van der Waals surface area contributed by atoms with Crippen molar-refractivity contribution < 1.29 is 64.6 Å². The van der Waals surface area contributed by atoms with E-state index < -0.39 is 86.8 Å². The van der Waals surface area contributed by atoms with Gasteiger partial charge in [0, 0.05) is 6.42 Å². The zero-order chi connectivity index (χ0) is 58.8. The van der Waals surface area contributed by atoms with E-state index in [2.05, 4.69) is 79.9 Å². The zero-order valence-corrected chi connectivity index (χ0v) is 51.0. The molecule has 2 rings (SSSR count). The largest absolute Gasteiger partial charge is 0.394 e. The smallest absolute Gasteiger partial charge is 0.220 e. The normalized spacial score (nSPS) is 24.5. The van der Waals surface area contributed by atoms with E-state index in [1.807, 2.05) is 0 Å². The summed E-state index contributed by atoms with van der Waals surface area (Å²) in [6.07, 6.45) is 50.9. The average Bonchev–Trinajstić information content (AvgIpc) is 3.63. The predicted octanol–water partition coefficient (Wildman–Crippen LogP) is 12.5. The third-order valence-corrected chi connectivity index (χ3v) is 16.0. The molecule has 0 aromatic carbocycles. The quantitative estimate of drug-likeness (QED) is 0.0204. The Morgan fingerprint density at radius 2 is 0.852 bits per heavy atom. The van der Waals surface area contributed by atoms with Gasteiger partial charge >= 0.3 is 0 Å². The van der Waals surface area contributed by atoms with Crippen LogP contribution in [-0.2, 0) is 23.7 Å². The van der Waals surface area contributed by atoms with Crippen LogP contribution in [-0.4, -0.2) is 140 Å². The van der Waals surface area contributed by atoms with Crippen molar-refractivity contribution in [2.45, 2.75) is 338 Å². The van der Waals surface area contributed by atoms with Crippen LogP contribution in [0.5, 0.6) is 0 Å². The summed E-state index contributed by atoms with van der Waals surface area (Å²) in [4.78, 5) is 13.3. The molecular weight excluding hydrogens is 1030 g/mol. The topological polar surface area (TPSA) is 228 Å². The minimum absolute atomic E-state index is 0.237. The van der Waals surface area contributed by atoms with Crippen molar-refractivity contribution in [3.8, 4) is 0 Å². The number of hydrogen-bond donors (Lipinski definition) is 9. The molecule has 1 amide bonds. The molecule has 2 saturated heterocycles. The number of hydrogen-bond acceptors (Lipinski definition) is 13. The van der Waals surface area contributed by atoms with Crippen molar-refractivity contribution in [2.75, 3.05) is 19.8 Å². The van der Waals surface area contributed by atoms with Gasteiger partial charge in [0.2, 0.25) is 5.91 Å². The highest BCUT2D eigenvalue weighted by Gasteiger charge is 2.51. The number of carbonyl (C=O) groups excluding carboxylic acids is 1. The molecule has 0 aromatic heterocycles. The van der Waals surface area contributed by atoms with Crippen molar-refractivity contribution in [1.29, 1.82) is 0 Å². The van der Waals surface area contributed by atoms with Crippen LogP contribution in [0.15, 0.2) is 60.8 Å². The SMILES string of the molecule is CC/C=C\C/C=C\C/C=C\C/C=C\C/C=C\CCCCCC(=O)NC(COC1OC(CO)C(OC2OC(CO)C(O)C(O)C2O)C(O)C1O)C(O)CCCCCCCCCCCCCCCCCCCCCCCCCCCCCC. The first kappa shape index (κ1) is 74.8. The fourth-order valence-electron chi connectivity index (χ4n) is 10.7. The van der Waals surface area contributed by atoms with Gasteiger partial charge < -0.3 is 65.1 Å². The zero-order valence-electron chi connectivity index (χ0n) is 51.0. The van der Waals surface area contributed by atoms with E-state index in [1.165, 1.54) is 154 Å². The minimum Gasteiger partial charge on any atom is -0.394 e. The summed E-state index contributed by atoms with van der Waals surface area (Å²) in [5.41, 5.74) is 0. The van der Waals surface area contributed by atoms with Gasteiger partial charge in [-0.3, -0.25) is 4.79 Å². The van der Waals surface area contributed by atoms with Crippen LogP contribution in [0.4, 0.5) is 0 Å². The first-order valence-corrected chi connectivity index (χ1v) is 33.0. The maximum Gasteiger partial charge on any atom is 0.220 e. The van der Waals surface area contributed by atoms with E-state index in [1.54, 1.807) is 0 Å². The van der Waals surface area contributed by atoms with E-state index >= 15 is 0 Å². The van der Waals surface area contributed by atoms with E-state index in [4.69, 9.17) is 18.9 Å². The summed E-state index contributed by atoms with van der Waals surface area (Å²) in [6, 6.07) is -0.851. The number of nitrogens with one attached hydrogen (secondary N) is 1. The third kappa shape index (κ3) is 37.0. The monoisotopic (exact) mass is 1150 g/mol. The Hall–Kier alpha value is -2.31. The lowest BCUT2D eigenvalue weighted by atomic mass is 9.97. The van der Waals surface area contributed by atoms with Gasteiger partial charge in [0.25, 0.3) is 0 Å². The van der Waals surface area contributed by atoms with E-state index in [9.17, 15) is 45.6 Å². The summed E-state index contributed by atoms with van der Waals surface area (Å²) in [6.45, 7) is 2.75. The number of aliphatic hydroxyl groups excluding tert-OH is 8. The number of aliphatic hydroxyl groups is 8. The summed E-state index contributed by atoms with van der Waals surface area (Å²) in [5, 5.41) is 87.4. The van der Waals surface area contributed by atoms with Crippen molar-refractivity contribution in [2.24, 2.45) is 0 Å². The molecule has 9 N–H and O–H groups in total. The lowest BCUT2D eigenvalue weighted by Crippen LogP contribution is -2.65. The molecule has 14 heteroatoms. The van der Waals surface area contributed by atoms with E-state index in [0.29, 0.717) is 12.8 Å². The number of amides is 1. The highest BCUT2D eigenvalue weighted by atomic mass is 16.7. The molecule has 14 nitrogen and oxygen atoms in total. The van der Waals surface area contributed by atoms with E-state index in [-0.39, 0.29) is 18.9 Å². The number of ether oxygens (including phenoxy) is 4. The number of carbonyl (C=O) groups is 1. The molecule has 2 aliphatic rings. The van der Waals surface area contributed by atoms with Crippen LogP contribution in [0.2, 0.25) is 0 Å². The molecule has 12 atom stereocenters. The molecule has 0 aliphatic carbocycles. The Morgan fingerprint density at radius 1 is 0.457 bits per heavy atom. The Kier molecular flexibility index (Phi) is 48.1. The standard InChI is InChI=1S/C67H121NO13/c1-3-5-7-9-11-13-15-17-19-21-23-24-25-26-27-28-29-30-31-33-34-36-38-40-42-44-46-48-50-56(71)55(68-59(72)51-49-47-45-43-41-39-37-35-32-22-20-18-16-14-12-10-8-6-4-2)54-78-66-64(77)62(75)65(58(53-70)80-66)81-67-63(76)61(74)60(73)57(52-69)79-67/h6,8,12,14,18,20,32,35,39,41,55-58,60-67,69-71,73-77H,3-5,7,9-11,13,15-17,19,21-31,33-34,36-38,40,42-54H2,1-2H3,(H,68,72)/b8-6-,14-12-,20-18-,35-32-,41-39-. The fourth-order valence-corrected chi connectivity index (χ4v) is 10.7. The molecule has 2 heterocycles. The molecule has 2 fully saturated rings. The fraction of sp³-hybridized carbons (Fsp3) is 0.836. The molecular formula is C67H121NO13. The van der Waals surface area contributed by atoms with Gasteiger partial charge in [-0.05, 0) is 57.8 Å². The van der Waals surface area contributed by atoms with Gasteiger partial charge in [0.15, 0.2) is 12.6 Å². The Bertz CT molecular complexity index is 1590. The van der Waals surface area contributed by atoms with Crippen LogP contribution < -0.4 is 5.32 Å². The Labute approximate surface area is 492 Å². The maximum absolute atomic E-state index is 13.3. The molecule has 0 aromatic rings. The van der Waals surface area contributed by atoms with E-state index in [0.717, 1.165) is 77.0 Å². The molecule has 0 bridgehead atoms. The van der Waals surface area contributed by atoms with Crippen molar-refractivity contribution >= 4 is 5.91 Å². The van der Waals surface area contributed by atoms with Crippen molar-refractivity contribution in [3.63, 3.8) is 0 Å². The number of unbranched alkanes of at least 4 members (excludes halogenated alkanes) is 30. The summed E-state index contributed by atoms with van der Waals surface area (Å²) < 4.78 is 22.9. The summed E-state index contributed by atoms with van der Waals surface area (Å²) in [5.74, 6) is -0.237. The van der Waals surface area contributed by atoms with Crippen LogP contribution >= 0.6 is 0 Å². The Morgan fingerprint density at radius 3 is 1.30 bits per heavy atom. The molecule has 0 radical (unpaired) electrons. The second kappa shape index (κ2) is 52.1. The molecule has 81 heavy (non-hydrogen) atoms. The predicted molar refractivity (Wildman–Crippen MR) is 327 cm³/mol. The van der Waals surface area contributed by atoms with Crippen molar-refractivity contribution in [1.82, 2.24) is 5.32 Å². The average molecular weight is 1150 g/mol. The molecule has 472 valence electrons. The molecule has 0 spiro atoms. The first-order chi connectivity index (χ1) is 39.6. The highest BCUT2D eigenvalue weighted by molar-refractivity contribution is 5.76. The second-order valence-corrected chi connectivity index (χ2v) is 23.2. The van der Waals surface area contributed by atoms with Crippen LogP contribution in [0.1, 0.15) is 264 Å². The van der Waals surface area contributed by atoms with Gasteiger partial charge in [-0.2, -0.15) is 0 Å². The molecule has 0 saturated carbocycles. The van der Waals surface area contributed by atoms with Gasteiger partial charge in [0.05, 0.1) is 32.0 Å². The van der Waals surface area contributed by atoms with Gasteiger partial charge in [0.1, 0.15) is 48.8 Å².